The minimum atomic E-state index is 0. The van der Waals surface area contributed by atoms with Crippen LogP contribution in [0.15, 0.2) is 4.99 Å². The molecule has 1 aromatic heterocycles. The highest BCUT2D eigenvalue weighted by atomic mass is 127. The van der Waals surface area contributed by atoms with E-state index in [-0.39, 0.29) is 24.0 Å². The Hall–Kier alpha value is -0.410. The largest absolute Gasteiger partial charge is 0.357 e. The molecule has 0 spiro atoms. The summed E-state index contributed by atoms with van der Waals surface area (Å²) in [4.78, 5) is 12.9. The third-order valence-corrected chi connectivity index (χ3v) is 5.24. The number of nitrogens with one attached hydrogen (secondary N) is 2. The normalized spacial score (nSPS) is 17.0. The quantitative estimate of drug-likeness (QED) is 0.411. The molecule has 2 N–H and O–H groups in total. The van der Waals surface area contributed by atoms with Gasteiger partial charge in [0.1, 0.15) is 5.01 Å². The second kappa shape index (κ2) is 10.5. The fraction of sp³-hybridized carbons (Fsp3) is 0.750. The number of rotatable bonds is 5. The van der Waals surface area contributed by atoms with Crippen LogP contribution >= 0.6 is 35.3 Å². The van der Waals surface area contributed by atoms with Gasteiger partial charge in [-0.25, -0.2) is 9.98 Å². The number of hydrogen-bond donors (Lipinski definition) is 2. The maximum absolute atomic E-state index is 4.67. The van der Waals surface area contributed by atoms with Crippen LogP contribution in [-0.4, -0.2) is 49.1 Å². The number of hydrogen-bond acceptors (Lipinski definition) is 4. The molecule has 1 saturated heterocycles. The molecule has 0 atom stereocenters. The van der Waals surface area contributed by atoms with Crippen LogP contribution in [-0.2, 0) is 6.54 Å². The molecule has 1 aromatic rings. The molecule has 5 nitrogen and oxygen atoms in total. The molecule has 0 aromatic carbocycles. The van der Waals surface area contributed by atoms with Crippen molar-refractivity contribution in [1.82, 2.24) is 20.5 Å². The average molecular weight is 451 g/mol. The van der Waals surface area contributed by atoms with Gasteiger partial charge in [0, 0.05) is 18.0 Å². The van der Waals surface area contributed by atoms with E-state index in [4.69, 9.17) is 0 Å². The van der Waals surface area contributed by atoms with Crippen LogP contribution in [0.5, 0.6) is 0 Å². The first-order chi connectivity index (χ1) is 10.6. The Kier molecular flexibility index (Phi) is 9.38. The third-order valence-electron chi connectivity index (χ3n) is 4.19. The number of aliphatic imine (C=N–C) groups is 1. The zero-order valence-electron chi connectivity index (χ0n) is 14.7. The Morgan fingerprint density at radius 1 is 1.30 bits per heavy atom. The van der Waals surface area contributed by atoms with E-state index < -0.39 is 0 Å². The molecule has 2 rings (SSSR count). The second-order valence-corrected chi connectivity index (χ2v) is 7.36. The van der Waals surface area contributed by atoms with Crippen molar-refractivity contribution >= 4 is 41.3 Å². The Balaban J connectivity index is 0.00000264. The molecule has 0 bridgehead atoms. The van der Waals surface area contributed by atoms with E-state index >= 15 is 0 Å². The lowest BCUT2D eigenvalue weighted by atomic mass is 9.97. The topological polar surface area (TPSA) is 52.6 Å². The van der Waals surface area contributed by atoms with Gasteiger partial charge in [-0.1, -0.05) is 0 Å². The monoisotopic (exact) mass is 451 g/mol. The number of guanidine groups is 1. The number of aryl methyl sites for hydroxylation is 2. The molecule has 1 fully saturated rings. The lowest BCUT2D eigenvalue weighted by Gasteiger charge is -2.29. The van der Waals surface area contributed by atoms with Gasteiger partial charge >= 0.3 is 0 Å². The van der Waals surface area contributed by atoms with Crippen LogP contribution in [0.3, 0.4) is 0 Å². The summed E-state index contributed by atoms with van der Waals surface area (Å²) in [5.74, 6) is 1.66. The maximum atomic E-state index is 4.67. The summed E-state index contributed by atoms with van der Waals surface area (Å²) in [5, 5.41) is 7.91. The number of likely N-dealkylation sites (tertiary alicyclic amines) is 1. The van der Waals surface area contributed by atoms with Crippen LogP contribution in [0.1, 0.15) is 35.3 Å². The summed E-state index contributed by atoms with van der Waals surface area (Å²) in [6.45, 7) is 11.2. The number of piperidine rings is 1. The Morgan fingerprint density at radius 3 is 2.57 bits per heavy atom. The highest BCUT2D eigenvalue weighted by Crippen LogP contribution is 2.17. The van der Waals surface area contributed by atoms with Crippen molar-refractivity contribution in [3.05, 3.63) is 15.6 Å². The standard InChI is InChI=1S/C16H29N5S.HI/c1-5-17-16(18-10-14-6-8-21(4)9-7-14)19-11-15-20-12(2)13(3)22-15;/h14H,5-11H2,1-4H3,(H2,17,18,19);1H. The first-order valence-corrected chi connectivity index (χ1v) is 9.03. The lowest BCUT2D eigenvalue weighted by Crippen LogP contribution is -2.42. The number of aromatic nitrogens is 1. The molecule has 0 unspecified atom stereocenters. The summed E-state index contributed by atoms with van der Waals surface area (Å²) in [5.41, 5.74) is 1.12. The summed E-state index contributed by atoms with van der Waals surface area (Å²) in [6.07, 6.45) is 2.54. The lowest BCUT2D eigenvalue weighted by molar-refractivity contribution is 0.220. The van der Waals surface area contributed by atoms with Crippen LogP contribution in [0.4, 0.5) is 0 Å². The Labute approximate surface area is 161 Å². The van der Waals surface area contributed by atoms with Crippen LogP contribution in [0.25, 0.3) is 0 Å². The summed E-state index contributed by atoms with van der Waals surface area (Å²) in [7, 11) is 2.20. The number of thiazole rings is 1. The molecule has 0 saturated carbocycles. The van der Waals surface area contributed by atoms with Crippen LogP contribution < -0.4 is 10.6 Å². The smallest absolute Gasteiger partial charge is 0.191 e. The maximum Gasteiger partial charge on any atom is 0.191 e. The fourth-order valence-corrected chi connectivity index (χ4v) is 3.46. The van der Waals surface area contributed by atoms with Crippen molar-refractivity contribution in [2.45, 2.75) is 40.2 Å². The van der Waals surface area contributed by atoms with E-state index in [1.165, 1.54) is 30.8 Å². The molecule has 0 radical (unpaired) electrons. The van der Waals surface area contributed by atoms with E-state index in [0.717, 1.165) is 35.7 Å². The first-order valence-electron chi connectivity index (χ1n) is 8.22. The molecule has 2 heterocycles. The van der Waals surface area contributed by atoms with Crippen molar-refractivity contribution in [3.63, 3.8) is 0 Å². The minimum absolute atomic E-state index is 0. The predicted molar refractivity (Wildman–Crippen MR) is 110 cm³/mol. The summed E-state index contributed by atoms with van der Waals surface area (Å²) >= 11 is 1.74. The van der Waals surface area contributed by atoms with E-state index in [1.807, 2.05) is 0 Å². The number of nitrogens with zero attached hydrogens (tertiary/aromatic N) is 3. The van der Waals surface area contributed by atoms with Gasteiger partial charge in [0.05, 0.1) is 12.2 Å². The molecule has 0 aliphatic carbocycles. The molecular formula is C16H30IN5S. The van der Waals surface area contributed by atoms with Gasteiger partial charge in [0.15, 0.2) is 5.96 Å². The van der Waals surface area contributed by atoms with E-state index in [1.54, 1.807) is 11.3 Å². The summed E-state index contributed by atoms with van der Waals surface area (Å²) in [6, 6.07) is 0. The highest BCUT2D eigenvalue weighted by molar-refractivity contribution is 14.0. The molecule has 0 amide bonds. The van der Waals surface area contributed by atoms with Gasteiger partial charge in [-0.15, -0.1) is 35.3 Å². The molecule has 1 aliphatic heterocycles. The van der Waals surface area contributed by atoms with Gasteiger partial charge in [-0.05, 0) is 59.7 Å². The fourth-order valence-electron chi connectivity index (χ4n) is 2.60. The van der Waals surface area contributed by atoms with E-state index in [9.17, 15) is 0 Å². The van der Waals surface area contributed by atoms with E-state index in [0.29, 0.717) is 6.54 Å². The highest BCUT2D eigenvalue weighted by Gasteiger charge is 2.16. The Morgan fingerprint density at radius 2 is 2.00 bits per heavy atom. The zero-order valence-corrected chi connectivity index (χ0v) is 17.8. The van der Waals surface area contributed by atoms with Crippen molar-refractivity contribution in [2.75, 3.05) is 33.2 Å². The third kappa shape index (κ3) is 6.93. The molecule has 132 valence electrons. The Bertz CT molecular complexity index is 475. The van der Waals surface area contributed by atoms with Gasteiger partial charge in [-0.3, -0.25) is 0 Å². The second-order valence-electron chi connectivity index (χ2n) is 6.07. The predicted octanol–water partition coefficient (Wildman–Crippen LogP) is 2.77. The van der Waals surface area contributed by atoms with Crippen molar-refractivity contribution in [1.29, 1.82) is 0 Å². The zero-order chi connectivity index (χ0) is 15.9. The SMILES string of the molecule is CCNC(=NCc1nc(C)c(C)s1)NCC1CCN(C)CC1.I. The van der Waals surface area contributed by atoms with Crippen molar-refractivity contribution < 1.29 is 0 Å². The molecular weight excluding hydrogens is 421 g/mol. The van der Waals surface area contributed by atoms with Gasteiger partial charge in [-0.2, -0.15) is 0 Å². The van der Waals surface area contributed by atoms with Crippen LogP contribution in [0.2, 0.25) is 0 Å². The molecule has 7 heteroatoms. The first kappa shape index (κ1) is 20.6. The van der Waals surface area contributed by atoms with Gasteiger partial charge < -0.3 is 15.5 Å². The van der Waals surface area contributed by atoms with Gasteiger partial charge in [0.2, 0.25) is 0 Å². The van der Waals surface area contributed by atoms with E-state index in [2.05, 4.69) is 53.3 Å². The van der Waals surface area contributed by atoms with Crippen LogP contribution in [0, 0.1) is 19.8 Å². The van der Waals surface area contributed by atoms with Crippen molar-refractivity contribution in [2.24, 2.45) is 10.9 Å². The minimum Gasteiger partial charge on any atom is -0.357 e. The number of halogens is 1. The molecule has 1 aliphatic rings. The van der Waals surface area contributed by atoms with Crippen molar-refractivity contribution in [3.8, 4) is 0 Å². The average Bonchev–Trinajstić information content (AvgIpc) is 2.82. The molecule has 23 heavy (non-hydrogen) atoms. The van der Waals surface area contributed by atoms with Gasteiger partial charge in [0.25, 0.3) is 0 Å². The summed E-state index contributed by atoms with van der Waals surface area (Å²) < 4.78 is 0.